The molecular weight excluding hydrogens is 520 g/mol. The molecule has 9 nitrogen and oxygen atoms in total. The number of benzene rings is 2. The van der Waals surface area contributed by atoms with Crippen LogP contribution in [0.15, 0.2) is 59.1 Å². The highest BCUT2D eigenvalue weighted by Crippen LogP contribution is 2.24. The van der Waals surface area contributed by atoms with Gasteiger partial charge in [-0.1, -0.05) is 49.9 Å². The Balaban J connectivity index is 1.01. The molecular formula is C32H38N4O5. The molecule has 5 rings (SSSR count). The molecule has 0 aliphatic carbocycles. The maximum Gasteiger partial charge on any atom is 0.320 e. The lowest BCUT2D eigenvalue weighted by atomic mass is 9.93. The highest BCUT2D eigenvalue weighted by atomic mass is 16.6. The van der Waals surface area contributed by atoms with Crippen molar-refractivity contribution in [3.8, 4) is 17.6 Å². The van der Waals surface area contributed by atoms with E-state index >= 15 is 0 Å². The Morgan fingerprint density at radius 2 is 1.63 bits per heavy atom. The highest BCUT2D eigenvalue weighted by Gasteiger charge is 2.36. The normalized spacial score (nSPS) is 18.7. The van der Waals surface area contributed by atoms with Crippen molar-refractivity contribution in [2.24, 2.45) is 0 Å². The molecule has 3 heterocycles. The van der Waals surface area contributed by atoms with Gasteiger partial charge in [-0.25, -0.2) is 4.79 Å². The first kappa shape index (κ1) is 28.7. The minimum Gasteiger partial charge on any atom is -0.494 e. The molecule has 2 saturated heterocycles. The topological polar surface area (TPSA) is 98.1 Å². The Labute approximate surface area is 241 Å². The summed E-state index contributed by atoms with van der Waals surface area (Å²) in [5, 5.41) is 9.43. The molecule has 2 amide bonds. The number of rotatable bonds is 8. The van der Waals surface area contributed by atoms with Crippen molar-refractivity contribution < 1.29 is 23.5 Å². The Bertz CT molecular complexity index is 1340. The van der Waals surface area contributed by atoms with Gasteiger partial charge in [0, 0.05) is 48.8 Å². The molecule has 216 valence electrons. The molecule has 0 bridgehead atoms. The van der Waals surface area contributed by atoms with Crippen LogP contribution < -0.4 is 15.4 Å². The monoisotopic (exact) mass is 558 g/mol. The zero-order valence-electron chi connectivity index (χ0n) is 23.9. The summed E-state index contributed by atoms with van der Waals surface area (Å²) in [6.45, 7) is 11.4. The Kier molecular flexibility index (Phi) is 9.24. The number of carbonyl (C=O) groups is 1. The summed E-state index contributed by atoms with van der Waals surface area (Å²) in [6.07, 6.45) is 1.40. The maximum absolute atomic E-state index is 12.2. The number of likely N-dealkylation sites (tertiary alicyclic amines) is 1. The van der Waals surface area contributed by atoms with E-state index in [4.69, 9.17) is 18.7 Å². The van der Waals surface area contributed by atoms with Gasteiger partial charge in [-0.3, -0.25) is 10.2 Å². The van der Waals surface area contributed by atoms with Crippen LogP contribution in [0.25, 0.3) is 0 Å². The minimum atomic E-state index is -0.343. The first-order chi connectivity index (χ1) is 19.8. The molecule has 2 atom stereocenters. The molecule has 2 aromatic carbocycles. The molecule has 0 radical (unpaired) electrons. The Morgan fingerprint density at radius 3 is 2.24 bits per heavy atom. The van der Waals surface area contributed by atoms with Crippen LogP contribution in [0.5, 0.6) is 5.75 Å². The fourth-order valence-electron chi connectivity index (χ4n) is 4.71. The van der Waals surface area contributed by atoms with Gasteiger partial charge < -0.3 is 24.1 Å². The summed E-state index contributed by atoms with van der Waals surface area (Å²) >= 11 is 0. The lowest BCUT2D eigenvalue weighted by molar-refractivity contribution is -0.116. The molecule has 2 aliphatic rings. The third-order valence-electron chi connectivity index (χ3n) is 7.03. The van der Waals surface area contributed by atoms with Gasteiger partial charge in [-0.05, 0) is 48.4 Å². The van der Waals surface area contributed by atoms with E-state index in [1.165, 1.54) is 0 Å². The molecule has 9 heteroatoms. The van der Waals surface area contributed by atoms with Gasteiger partial charge in [0.25, 0.3) is 0 Å². The number of amides is 2. The number of urea groups is 1. The Morgan fingerprint density at radius 1 is 1.00 bits per heavy atom. The van der Waals surface area contributed by atoms with Crippen molar-refractivity contribution in [2.45, 2.75) is 51.4 Å². The standard InChI is InChI=1S/C32H38N4O5/c1-32(2,3)29-19-30(35-41-29)34-31(37)33-20-25-9-7-23(8-10-25)5-6-24-11-13-26(14-12-24)38-16-4-15-36-21-27-28(22-36)40-18-17-39-27/h7-14,19,27-28H,4,15-18,20-22H2,1-3H3,(H2,33,34,35,37)/t27-,28+. The van der Waals surface area contributed by atoms with Gasteiger partial charge in [0.15, 0.2) is 5.82 Å². The van der Waals surface area contributed by atoms with Crippen molar-refractivity contribution in [3.05, 3.63) is 77.0 Å². The van der Waals surface area contributed by atoms with E-state index in [0.29, 0.717) is 37.9 Å². The SMILES string of the molecule is CC(C)(C)c1cc(NC(=O)NCc2ccc(C#Cc3ccc(OCCCN4C[C@@H]5OCCO[C@@H]5C4)cc3)cc2)no1. The molecule has 0 spiro atoms. The second-order valence-electron chi connectivity index (χ2n) is 11.4. The van der Waals surface area contributed by atoms with E-state index in [1.54, 1.807) is 6.07 Å². The zero-order valence-corrected chi connectivity index (χ0v) is 23.9. The second-order valence-corrected chi connectivity index (χ2v) is 11.4. The quantitative estimate of drug-likeness (QED) is 0.309. The summed E-state index contributed by atoms with van der Waals surface area (Å²) in [7, 11) is 0. The van der Waals surface area contributed by atoms with Crippen LogP contribution in [0.3, 0.4) is 0 Å². The number of anilines is 1. The number of ether oxygens (including phenoxy) is 3. The molecule has 2 aliphatic heterocycles. The fraction of sp³-hybridized carbons (Fsp3) is 0.438. The summed E-state index contributed by atoms with van der Waals surface area (Å²) in [4.78, 5) is 14.6. The molecule has 0 unspecified atom stereocenters. The maximum atomic E-state index is 12.2. The van der Waals surface area contributed by atoms with E-state index in [1.807, 2.05) is 69.3 Å². The average Bonchev–Trinajstić information content (AvgIpc) is 3.61. The third kappa shape index (κ3) is 8.33. The summed E-state index contributed by atoms with van der Waals surface area (Å²) < 4.78 is 22.8. The number of aromatic nitrogens is 1. The van der Waals surface area contributed by atoms with Gasteiger partial charge in [0.1, 0.15) is 11.5 Å². The summed E-state index contributed by atoms with van der Waals surface area (Å²) in [6, 6.07) is 17.0. The first-order valence-electron chi connectivity index (χ1n) is 14.1. The zero-order chi connectivity index (χ0) is 28.7. The summed E-state index contributed by atoms with van der Waals surface area (Å²) in [5.41, 5.74) is 2.61. The number of carbonyl (C=O) groups excluding carboxylic acids is 1. The van der Waals surface area contributed by atoms with Crippen LogP contribution in [0.2, 0.25) is 0 Å². The van der Waals surface area contributed by atoms with Crippen LogP contribution in [0.4, 0.5) is 10.6 Å². The second kappa shape index (κ2) is 13.2. The molecule has 41 heavy (non-hydrogen) atoms. The number of hydrogen-bond acceptors (Lipinski definition) is 7. The molecule has 0 saturated carbocycles. The van der Waals surface area contributed by atoms with Gasteiger partial charge >= 0.3 is 6.03 Å². The van der Waals surface area contributed by atoms with Gasteiger partial charge in [0.2, 0.25) is 0 Å². The van der Waals surface area contributed by atoms with Crippen molar-refractivity contribution in [1.82, 2.24) is 15.4 Å². The van der Waals surface area contributed by atoms with Crippen LogP contribution in [0.1, 0.15) is 49.6 Å². The third-order valence-corrected chi connectivity index (χ3v) is 7.03. The van der Waals surface area contributed by atoms with E-state index in [2.05, 4.69) is 32.5 Å². The predicted octanol–water partition coefficient (Wildman–Crippen LogP) is 4.56. The van der Waals surface area contributed by atoms with Gasteiger partial charge in [-0.2, -0.15) is 0 Å². The summed E-state index contributed by atoms with van der Waals surface area (Å²) in [5.74, 6) is 8.33. The lowest BCUT2D eigenvalue weighted by Gasteiger charge is -2.24. The molecule has 3 aromatic rings. The van der Waals surface area contributed by atoms with Crippen LogP contribution >= 0.6 is 0 Å². The largest absolute Gasteiger partial charge is 0.494 e. The van der Waals surface area contributed by atoms with Crippen LogP contribution in [-0.2, 0) is 21.4 Å². The van der Waals surface area contributed by atoms with Crippen molar-refractivity contribution in [2.75, 3.05) is 44.8 Å². The van der Waals surface area contributed by atoms with Crippen LogP contribution in [-0.4, -0.2) is 67.8 Å². The highest BCUT2D eigenvalue weighted by molar-refractivity contribution is 5.88. The molecule has 2 fully saturated rings. The number of hydrogen-bond donors (Lipinski definition) is 2. The van der Waals surface area contributed by atoms with Gasteiger partial charge in [-0.15, -0.1) is 0 Å². The van der Waals surface area contributed by atoms with E-state index in [9.17, 15) is 4.79 Å². The molecule has 2 N–H and O–H groups in total. The fourth-order valence-corrected chi connectivity index (χ4v) is 4.71. The minimum absolute atomic E-state index is 0.175. The van der Waals surface area contributed by atoms with E-state index in [0.717, 1.165) is 48.5 Å². The first-order valence-corrected chi connectivity index (χ1v) is 14.1. The van der Waals surface area contributed by atoms with Crippen molar-refractivity contribution in [1.29, 1.82) is 0 Å². The van der Waals surface area contributed by atoms with Gasteiger partial charge in [0.05, 0.1) is 32.0 Å². The van der Waals surface area contributed by atoms with Crippen LogP contribution in [0, 0.1) is 11.8 Å². The lowest BCUT2D eigenvalue weighted by Crippen LogP contribution is -2.36. The van der Waals surface area contributed by atoms with Crippen molar-refractivity contribution >= 4 is 11.8 Å². The van der Waals surface area contributed by atoms with E-state index < -0.39 is 0 Å². The average molecular weight is 559 g/mol. The number of nitrogens with one attached hydrogen (secondary N) is 2. The molecule has 1 aromatic heterocycles. The van der Waals surface area contributed by atoms with E-state index in [-0.39, 0.29) is 23.7 Å². The number of fused-ring (bicyclic) bond motifs is 1. The predicted molar refractivity (Wildman–Crippen MR) is 156 cm³/mol. The smallest absolute Gasteiger partial charge is 0.320 e. The Hall–Kier alpha value is -3.84. The number of nitrogens with zero attached hydrogens (tertiary/aromatic N) is 2. The van der Waals surface area contributed by atoms with Crippen molar-refractivity contribution in [3.63, 3.8) is 0 Å².